The fourth-order valence-electron chi connectivity index (χ4n) is 3.54. The summed E-state index contributed by atoms with van der Waals surface area (Å²) in [6, 6.07) is 0.0460. The molecule has 2 aliphatic rings. The van der Waals surface area contributed by atoms with E-state index >= 15 is 0 Å². The van der Waals surface area contributed by atoms with Crippen LogP contribution in [0.2, 0.25) is 0 Å². The Bertz CT molecular complexity index is 400. The molecule has 0 N–H and O–H groups in total. The molecule has 0 aromatic rings. The maximum absolute atomic E-state index is 11.9. The Kier molecular flexibility index (Phi) is 6.80. The first-order valence-corrected chi connectivity index (χ1v) is 8.29. The lowest BCUT2D eigenvalue weighted by molar-refractivity contribution is -0.147. The molecule has 2 saturated carbocycles. The second-order valence-corrected chi connectivity index (χ2v) is 6.25. The summed E-state index contributed by atoms with van der Waals surface area (Å²) in [7, 11) is 1.43. The molecule has 0 heterocycles. The number of carbonyl (C=O) groups is 2. The molecule has 0 aromatic carbocycles. The predicted molar refractivity (Wildman–Crippen MR) is 80.4 cm³/mol. The molecule has 0 aromatic heterocycles. The zero-order valence-corrected chi connectivity index (χ0v) is 13.3. The Morgan fingerprint density at radius 3 is 2.41 bits per heavy atom. The first-order chi connectivity index (χ1) is 10.8. The normalized spacial score (nSPS) is 32.6. The van der Waals surface area contributed by atoms with Crippen LogP contribution in [0.15, 0.2) is 10.2 Å². The van der Waals surface area contributed by atoms with Gasteiger partial charge in [0.15, 0.2) is 0 Å². The lowest BCUT2D eigenvalue weighted by Crippen LogP contribution is -2.32. The maximum Gasteiger partial charge on any atom is 0.310 e. The minimum atomic E-state index is -0.173. The standard InChI is InChI=1S/C16H26N2O4/c1-21-16(20)13-7-3-5-9-15(13)18-17-14-8-4-2-6-12(14)10-22-11-19/h11-15H,2-10H2,1H3. The van der Waals surface area contributed by atoms with Crippen LogP contribution >= 0.6 is 0 Å². The second-order valence-electron chi connectivity index (χ2n) is 6.25. The monoisotopic (exact) mass is 310 g/mol. The van der Waals surface area contributed by atoms with Gasteiger partial charge in [-0.05, 0) is 25.7 Å². The zero-order valence-electron chi connectivity index (χ0n) is 13.3. The largest absolute Gasteiger partial charge is 0.469 e. The zero-order chi connectivity index (χ0) is 15.8. The van der Waals surface area contributed by atoms with Gasteiger partial charge in [0.1, 0.15) is 0 Å². The van der Waals surface area contributed by atoms with Crippen LogP contribution in [-0.2, 0) is 19.1 Å². The fourth-order valence-corrected chi connectivity index (χ4v) is 3.54. The highest BCUT2D eigenvalue weighted by Crippen LogP contribution is 2.31. The SMILES string of the molecule is COC(=O)C1CCCCC1N=NC1CCCCC1COC=O. The van der Waals surface area contributed by atoms with Gasteiger partial charge in [-0.3, -0.25) is 9.59 Å². The van der Waals surface area contributed by atoms with Crippen LogP contribution in [0.4, 0.5) is 0 Å². The van der Waals surface area contributed by atoms with Crippen molar-refractivity contribution >= 4 is 12.4 Å². The van der Waals surface area contributed by atoms with Gasteiger partial charge in [-0.25, -0.2) is 0 Å². The van der Waals surface area contributed by atoms with Gasteiger partial charge in [-0.1, -0.05) is 25.7 Å². The molecular weight excluding hydrogens is 284 g/mol. The topological polar surface area (TPSA) is 77.3 Å². The first-order valence-electron chi connectivity index (χ1n) is 8.29. The third-order valence-corrected chi connectivity index (χ3v) is 4.84. The highest BCUT2D eigenvalue weighted by molar-refractivity contribution is 5.73. The van der Waals surface area contributed by atoms with Gasteiger partial charge < -0.3 is 9.47 Å². The summed E-state index contributed by atoms with van der Waals surface area (Å²) in [5.41, 5.74) is 0. The molecule has 22 heavy (non-hydrogen) atoms. The van der Waals surface area contributed by atoms with E-state index in [1.807, 2.05) is 0 Å². The smallest absolute Gasteiger partial charge is 0.310 e. The number of carbonyl (C=O) groups excluding carboxylic acids is 2. The second kappa shape index (κ2) is 8.86. The van der Waals surface area contributed by atoms with E-state index < -0.39 is 0 Å². The molecule has 0 amide bonds. The van der Waals surface area contributed by atoms with Gasteiger partial charge in [0.05, 0.1) is 31.7 Å². The van der Waals surface area contributed by atoms with Crippen LogP contribution in [-0.4, -0.2) is 38.2 Å². The van der Waals surface area contributed by atoms with E-state index in [2.05, 4.69) is 10.2 Å². The summed E-state index contributed by atoms with van der Waals surface area (Å²) in [4.78, 5) is 22.2. The fraction of sp³-hybridized carbons (Fsp3) is 0.875. The van der Waals surface area contributed by atoms with Crippen LogP contribution in [0.1, 0.15) is 51.4 Å². The summed E-state index contributed by atoms with van der Waals surface area (Å²) in [5, 5.41) is 9.03. The Balaban J connectivity index is 1.97. The van der Waals surface area contributed by atoms with E-state index in [-0.39, 0.29) is 29.9 Å². The van der Waals surface area contributed by atoms with Crippen molar-refractivity contribution in [1.29, 1.82) is 0 Å². The number of methoxy groups -OCH3 is 1. The molecule has 0 saturated heterocycles. The maximum atomic E-state index is 11.9. The summed E-state index contributed by atoms with van der Waals surface area (Å²) >= 11 is 0. The molecule has 6 heteroatoms. The van der Waals surface area contributed by atoms with Gasteiger partial charge >= 0.3 is 5.97 Å². The molecule has 0 aliphatic heterocycles. The average molecular weight is 310 g/mol. The predicted octanol–water partition coefficient (Wildman–Crippen LogP) is 2.90. The summed E-state index contributed by atoms with van der Waals surface area (Å²) < 4.78 is 9.80. The number of hydrogen-bond acceptors (Lipinski definition) is 6. The van der Waals surface area contributed by atoms with Gasteiger partial charge in [-0.15, -0.1) is 0 Å². The quantitative estimate of drug-likeness (QED) is 0.429. The van der Waals surface area contributed by atoms with Crippen LogP contribution in [0.25, 0.3) is 0 Å². The Morgan fingerprint density at radius 2 is 1.68 bits per heavy atom. The van der Waals surface area contributed by atoms with Gasteiger partial charge in [0.2, 0.25) is 0 Å². The highest BCUT2D eigenvalue weighted by Gasteiger charge is 2.33. The molecule has 2 fully saturated rings. The molecule has 0 radical (unpaired) electrons. The molecule has 2 aliphatic carbocycles. The Hall–Kier alpha value is -1.46. The van der Waals surface area contributed by atoms with Crippen LogP contribution < -0.4 is 0 Å². The van der Waals surface area contributed by atoms with Crippen molar-refractivity contribution < 1.29 is 19.1 Å². The van der Waals surface area contributed by atoms with E-state index in [0.717, 1.165) is 51.4 Å². The van der Waals surface area contributed by atoms with E-state index in [1.54, 1.807) is 0 Å². The Morgan fingerprint density at radius 1 is 1.05 bits per heavy atom. The minimum absolute atomic E-state index is 0.0595. The van der Waals surface area contributed by atoms with Crippen molar-refractivity contribution in [2.24, 2.45) is 22.1 Å². The van der Waals surface area contributed by atoms with Gasteiger partial charge in [0, 0.05) is 5.92 Å². The molecule has 4 atom stereocenters. The summed E-state index contributed by atoms with van der Waals surface area (Å²) in [6.07, 6.45) is 8.13. The third-order valence-electron chi connectivity index (χ3n) is 4.84. The van der Waals surface area contributed by atoms with Gasteiger partial charge in [0.25, 0.3) is 6.47 Å². The lowest BCUT2D eigenvalue weighted by Gasteiger charge is -2.29. The van der Waals surface area contributed by atoms with Crippen LogP contribution in [0, 0.1) is 11.8 Å². The van der Waals surface area contributed by atoms with Crippen molar-refractivity contribution in [3.63, 3.8) is 0 Å². The van der Waals surface area contributed by atoms with E-state index in [9.17, 15) is 9.59 Å². The van der Waals surface area contributed by atoms with Crippen molar-refractivity contribution in [1.82, 2.24) is 0 Å². The molecule has 124 valence electrons. The number of esters is 1. The number of ether oxygens (including phenoxy) is 2. The number of nitrogens with zero attached hydrogens (tertiary/aromatic N) is 2. The number of rotatable bonds is 6. The number of azo groups is 1. The average Bonchev–Trinajstić information content (AvgIpc) is 2.58. The molecule has 0 bridgehead atoms. The molecule has 6 nitrogen and oxygen atoms in total. The molecule has 4 unspecified atom stereocenters. The Labute approximate surface area is 131 Å². The minimum Gasteiger partial charge on any atom is -0.469 e. The van der Waals surface area contributed by atoms with E-state index in [1.165, 1.54) is 7.11 Å². The van der Waals surface area contributed by atoms with E-state index in [4.69, 9.17) is 9.47 Å². The highest BCUT2D eigenvalue weighted by atomic mass is 16.5. The summed E-state index contributed by atoms with van der Waals surface area (Å²) in [5.74, 6) is -0.0771. The molecule has 0 spiro atoms. The van der Waals surface area contributed by atoms with Crippen molar-refractivity contribution in [2.45, 2.75) is 63.5 Å². The first kappa shape index (κ1) is 16.9. The van der Waals surface area contributed by atoms with E-state index in [0.29, 0.717) is 13.1 Å². The summed E-state index contributed by atoms with van der Waals surface area (Å²) in [6.45, 7) is 0.912. The van der Waals surface area contributed by atoms with Crippen LogP contribution in [0.5, 0.6) is 0 Å². The van der Waals surface area contributed by atoms with Crippen LogP contribution in [0.3, 0.4) is 0 Å². The molecular formula is C16H26N2O4. The van der Waals surface area contributed by atoms with Gasteiger partial charge in [-0.2, -0.15) is 10.2 Å². The third kappa shape index (κ3) is 4.52. The van der Waals surface area contributed by atoms with Crippen molar-refractivity contribution in [3.8, 4) is 0 Å². The number of hydrogen-bond donors (Lipinski definition) is 0. The molecule has 2 rings (SSSR count). The van der Waals surface area contributed by atoms with Crippen molar-refractivity contribution in [3.05, 3.63) is 0 Å². The van der Waals surface area contributed by atoms with Crippen molar-refractivity contribution in [2.75, 3.05) is 13.7 Å². The lowest BCUT2D eigenvalue weighted by atomic mass is 9.84.